The van der Waals surface area contributed by atoms with Crippen molar-refractivity contribution in [1.29, 1.82) is 0 Å². The molecule has 4 N–H and O–H groups in total. The standard InChI is InChI=1S/C23H31N5O3/c1-16(2)26-22(30)18-8-10-20(11-9-18)27-23(31)25-15-17-6-5-7-19(14-17)21(29)24-12-13-28(3)4/h5-11,14,16H,12-13,15H2,1-4H3,(H,24,29)(H,26,30)(H2,25,27,31). The smallest absolute Gasteiger partial charge is 0.319 e. The van der Waals surface area contributed by atoms with Gasteiger partial charge in [-0.15, -0.1) is 0 Å². The number of rotatable bonds is 9. The van der Waals surface area contributed by atoms with Crippen LogP contribution in [0.25, 0.3) is 0 Å². The molecule has 0 aromatic heterocycles. The van der Waals surface area contributed by atoms with E-state index in [1.807, 2.05) is 38.9 Å². The van der Waals surface area contributed by atoms with Crippen LogP contribution in [0.3, 0.4) is 0 Å². The molecule has 31 heavy (non-hydrogen) atoms. The SMILES string of the molecule is CC(C)NC(=O)c1ccc(NC(=O)NCc2cccc(C(=O)NCCN(C)C)c2)cc1. The van der Waals surface area contributed by atoms with Crippen LogP contribution < -0.4 is 21.3 Å². The van der Waals surface area contributed by atoms with Gasteiger partial charge in [-0.3, -0.25) is 9.59 Å². The number of carbonyl (C=O) groups excluding carboxylic acids is 3. The predicted molar refractivity (Wildman–Crippen MR) is 122 cm³/mol. The zero-order chi connectivity index (χ0) is 22.8. The Bertz CT molecular complexity index is 894. The fourth-order valence-corrected chi connectivity index (χ4v) is 2.73. The van der Waals surface area contributed by atoms with Gasteiger partial charge in [0.05, 0.1) is 0 Å². The molecule has 0 aliphatic rings. The van der Waals surface area contributed by atoms with E-state index in [1.54, 1.807) is 42.5 Å². The van der Waals surface area contributed by atoms with Crippen molar-refractivity contribution >= 4 is 23.5 Å². The van der Waals surface area contributed by atoms with Gasteiger partial charge in [-0.2, -0.15) is 0 Å². The lowest BCUT2D eigenvalue weighted by Gasteiger charge is -2.12. The summed E-state index contributed by atoms with van der Waals surface area (Å²) in [7, 11) is 3.89. The van der Waals surface area contributed by atoms with Crippen LogP contribution in [0, 0.1) is 0 Å². The fourth-order valence-electron chi connectivity index (χ4n) is 2.73. The summed E-state index contributed by atoms with van der Waals surface area (Å²) >= 11 is 0. The highest BCUT2D eigenvalue weighted by Crippen LogP contribution is 2.10. The number of hydrogen-bond acceptors (Lipinski definition) is 4. The molecule has 0 bridgehead atoms. The minimum atomic E-state index is -0.375. The first-order chi connectivity index (χ1) is 14.7. The van der Waals surface area contributed by atoms with Crippen LogP contribution in [0.4, 0.5) is 10.5 Å². The van der Waals surface area contributed by atoms with E-state index in [0.29, 0.717) is 23.4 Å². The Kier molecular flexibility index (Phi) is 9.02. The van der Waals surface area contributed by atoms with Crippen molar-refractivity contribution in [1.82, 2.24) is 20.9 Å². The number of hydrogen-bond donors (Lipinski definition) is 4. The minimum absolute atomic E-state index is 0.0544. The summed E-state index contributed by atoms with van der Waals surface area (Å²) in [6.07, 6.45) is 0. The molecular weight excluding hydrogens is 394 g/mol. The van der Waals surface area contributed by atoms with Crippen molar-refractivity contribution < 1.29 is 14.4 Å². The molecule has 8 heteroatoms. The molecule has 0 fully saturated rings. The highest BCUT2D eigenvalue weighted by atomic mass is 16.2. The second kappa shape index (κ2) is 11.7. The zero-order valence-corrected chi connectivity index (χ0v) is 18.5. The van der Waals surface area contributed by atoms with Crippen LogP contribution in [0.2, 0.25) is 0 Å². The quantitative estimate of drug-likeness (QED) is 0.496. The normalized spacial score (nSPS) is 10.6. The van der Waals surface area contributed by atoms with Gasteiger partial charge >= 0.3 is 6.03 Å². The third-order valence-electron chi connectivity index (χ3n) is 4.31. The summed E-state index contributed by atoms with van der Waals surface area (Å²) in [5.74, 6) is -0.300. The van der Waals surface area contributed by atoms with Gasteiger partial charge in [-0.1, -0.05) is 12.1 Å². The molecule has 2 aromatic rings. The van der Waals surface area contributed by atoms with Crippen molar-refractivity contribution in [2.45, 2.75) is 26.4 Å². The van der Waals surface area contributed by atoms with E-state index >= 15 is 0 Å². The third kappa shape index (κ3) is 8.47. The maximum absolute atomic E-state index is 12.2. The number of nitrogens with one attached hydrogen (secondary N) is 4. The molecular formula is C23H31N5O3. The maximum Gasteiger partial charge on any atom is 0.319 e. The number of likely N-dealkylation sites (N-methyl/N-ethyl adjacent to an activating group) is 1. The van der Waals surface area contributed by atoms with E-state index in [4.69, 9.17) is 0 Å². The molecule has 2 rings (SSSR count). The van der Waals surface area contributed by atoms with E-state index in [9.17, 15) is 14.4 Å². The molecule has 0 radical (unpaired) electrons. The first kappa shape index (κ1) is 23.9. The highest BCUT2D eigenvalue weighted by Gasteiger charge is 2.09. The van der Waals surface area contributed by atoms with Crippen molar-refractivity contribution in [2.24, 2.45) is 0 Å². The lowest BCUT2D eigenvalue weighted by Crippen LogP contribution is -2.31. The molecule has 2 aromatic carbocycles. The van der Waals surface area contributed by atoms with Gasteiger partial charge in [0.25, 0.3) is 11.8 Å². The monoisotopic (exact) mass is 425 g/mol. The van der Waals surface area contributed by atoms with Crippen molar-refractivity contribution in [3.63, 3.8) is 0 Å². The molecule has 0 saturated heterocycles. The molecule has 0 heterocycles. The second-order valence-corrected chi connectivity index (χ2v) is 7.77. The second-order valence-electron chi connectivity index (χ2n) is 7.77. The van der Waals surface area contributed by atoms with Gasteiger partial charge in [0.1, 0.15) is 0 Å². The Hall–Kier alpha value is -3.39. The van der Waals surface area contributed by atoms with Gasteiger partial charge < -0.3 is 26.2 Å². The van der Waals surface area contributed by atoms with Gasteiger partial charge in [-0.05, 0) is 69.9 Å². The van der Waals surface area contributed by atoms with Crippen LogP contribution in [0.5, 0.6) is 0 Å². The Labute approximate surface area is 183 Å². The molecule has 0 aliphatic heterocycles. The predicted octanol–water partition coefficient (Wildman–Crippen LogP) is 2.44. The van der Waals surface area contributed by atoms with Gasteiger partial charge in [0.15, 0.2) is 0 Å². The average Bonchev–Trinajstić information content (AvgIpc) is 2.72. The molecule has 4 amide bonds. The maximum atomic E-state index is 12.2. The van der Waals surface area contributed by atoms with Crippen molar-refractivity contribution in [3.8, 4) is 0 Å². The molecule has 8 nitrogen and oxygen atoms in total. The molecule has 0 spiro atoms. The number of urea groups is 1. The van der Waals surface area contributed by atoms with Crippen molar-refractivity contribution in [2.75, 3.05) is 32.5 Å². The summed E-state index contributed by atoms with van der Waals surface area (Å²) in [5, 5.41) is 11.2. The molecule has 0 unspecified atom stereocenters. The molecule has 166 valence electrons. The Morgan fingerprint density at radius 2 is 1.61 bits per heavy atom. The average molecular weight is 426 g/mol. The summed E-state index contributed by atoms with van der Waals surface area (Å²) in [4.78, 5) is 38.4. The first-order valence-electron chi connectivity index (χ1n) is 10.2. The summed E-state index contributed by atoms with van der Waals surface area (Å²) in [5.41, 5.74) is 2.47. The number of benzene rings is 2. The number of carbonyl (C=O) groups is 3. The lowest BCUT2D eigenvalue weighted by atomic mass is 10.1. The third-order valence-corrected chi connectivity index (χ3v) is 4.31. The van der Waals surface area contributed by atoms with E-state index in [0.717, 1.165) is 12.1 Å². The van der Waals surface area contributed by atoms with Crippen LogP contribution in [-0.4, -0.2) is 56.0 Å². The number of nitrogens with zero attached hydrogens (tertiary/aromatic N) is 1. The Morgan fingerprint density at radius 1 is 0.903 bits per heavy atom. The van der Waals surface area contributed by atoms with Gasteiger partial charge in [0.2, 0.25) is 0 Å². The van der Waals surface area contributed by atoms with Crippen LogP contribution in [-0.2, 0) is 6.54 Å². The lowest BCUT2D eigenvalue weighted by molar-refractivity contribution is 0.0937. The van der Waals surface area contributed by atoms with E-state index < -0.39 is 0 Å². The van der Waals surface area contributed by atoms with E-state index in [-0.39, 0.29) is 30.4 Å². The van der Waals surface area contributed by atoms with E-state index in [1.165, 1.54) is 0 Å². The zero-order valence-electron chi connectivity index (χ0n) is 18.5. The molecule has 0 saturated carbocycles. The van der Waals surface area contributed by atoms with Crippen molar-refractivity contribution in [3.05, 3.63) is 65.2 Å². The Balaban J connectivity index is 1.84. The first-order valence-corrected chi connectivity index (χ1v) is 10.2. The number of amides is 4. The number of anilines is 1. The van der Waals surface area contributed by atoms with Gasteiger partial charge in [-0.25, -0.2) is 4.79 Å². The Morgan fingerprint density at radius 3 is 2.26 bits per heavy atom. The largest absolute Gasteiger partial charge is 0.351 e. The highest BCUT2D eigenvalue weighted by molar-refractivity contribution is 5.96. The summed E-state index contributed by atoms with van der Waals surface area (Å²) in [6, 6.07) is 13.5. The van der Waals surface area contributed by atoms with Crippen LogP contribution >= 0.6 is 0 Å². The summed E-state index contributed by atoms with van der Waals surface area (Å²) < 4.78 is 0. The summed E-state index contributed by atoms with van der Waals surface area (Å²) in [6.45, 7) is 5.39. The topological polar surface area (TPSA) is 103 Å². The van der Waals surface area contributed by atoms with Crippen LogP contribution in [0.1, 0.15) is 40.1 Å². The van der Waals surface area contributed by atoms with Crippen LogP contribution in [0.15, 0.2) is 48.5 Å². The van der Waals surface area contributed by atoms with Gasteiger partial charge in [0, 0.05) is 42.5 Å². The molecule has 0 atom stereocenters. The van der Waals surface area contributed by atoms with E-state index in [2.05, 4.69) is 21.3 Å². The minimum Gasteiger partial charge on any atom is -0.351 e. The molecule has 0 aliphatic carbocycles. The fraction of sp³-hybridized carbons (Fsp3) is 0.348.